The minimum Gasteiger partial charge on any atom is -0.262 e. The fourth-order valence-corrected chi connectivity index (χ4v) is 2.13. The molecule has 4 rings (SSSR count). The Kier molecular flexibility index (Phi) is 3.28. The lowest BCUT2D eigenvalue weighted by Crippen LogP contribution is -1.95. The van der Waals surface area contributed by atoms with Crippen LogP contribution in [0, 0.1) is 0 Å². The lowest BCUT2D eigenvalue weighted by molar-refractivity contribution is 0.874. The van der Waals surface area contributed by atoms with Gasteiger partial charge in [0.1, 0.15) is 0 Å². The van der Waals surface area contributed by atoms with Gasteiger partial charge in [-0.25, -0.2) is 24.6 Å². The number of hydrogen-bond donors (Lipinski definition) is 0. The Balaban J connectivity index is 1.71. The zero-order valence-electron chi connectivity index (χ0n) is 12.0. The molecule has 4 heterocycles. The van der Waals surface area contributed by atoms with E-state index in [-0.39, 0.29) is 0 Å². The quantitative estimate of drug-likeness (QED) is 0.577. The topological polar surface area (TPSA) is 82.3 Å². The largest absolute Gasteiger partial charge is 0.262 e. The molecule has 0 atom stereocenters. The van der Waals surface area contributed by atoms with Crippen molar-refractivity contribution in [3.8, 4) is 28.6 Å². The summed E-state index contributed by atoms with van der Waals surface area (Å²) in [6.45, 7) is 0. The molecule has 0 aliphatic carbocycles. The van der Waals surface area contributed by atoms with E-state index in [4.69, 9.17) is 0 Å². The smallest absolute Gasteiger partial charge is 0.198 e. The van der Waals surface area contributed by atoms with Crippen LogP contribution in [0.25, 0.3) is 28.6 Å². The van der Waals surface area contributed by atoms with Crippen molar-refractivity contribution in [1.29, 1.82) is 0 Å². The van der Waals surface area contributed by atoms with Crippen molar-refractivity contribution in [2.45, 2.75) is 0 Å². The fraction of sp³-hybridized carbons (Fsp3) is 0. The first-order valence-electron chi connectivity index (χ1n) is 6.96. The minimum absolute atomic E-state index is 0.484. The standard InChI is InChI=1S/C16H11N7/c1-3-13(10-17-5-1)23-11-12(9-21-23)14-4-8-20-16(22-14)15-18-6-2-7-19-15/h1-11H. The summed E-state index contributed by atoms with van der Waals surface area (Å²) in [5, 5.41) is 4.35. The first-order chi connectivity index (χ1) is 11.4. The molecule has 4 aromatic heterocycles. The molecule has 0 radical (unpaired) electrons. The van der Waals surface area contributed by atoms with Crippen LogP contribution in [0.4, 0.5) is 0 Å². The third-order valence-electron chi connectivity index (χ3n) is 3.21. The van der Waals surface area contributed by atoms with Gasteiger partial charge < -0.3 is 0 Å². The number of rotatable bonds is 3. The summed E-state index contributed by atoms with van der Waals surface area (Å²) in [5.41, 5.74) is 2.53. The summed E-state index contributed by atoms with van der Waals surface area (Å²) in [6, 6.07) is 7.39. The van der Waals surface area contributed by atoms with Gasteiger partial charge in [-0.1, -0.05) is 0 Å². The van der Waals surface area contributed by atoms with Gasteiger partial charge in [-0.15, -0.1) is 0 Å². The summed E-state index contributed by atoms with van der Waals surface area (Å²) in [4.78, 5) is 21.2. The predicted octanol–water partition coefficient (Wildman–Crippen LogP) is 2.18. The Hall–Kier alpha value is -3.48. The second-order valence-corrected chi connectivity index (χ2v) is 4.72. The molecule has 0 fully saturated rings. The third kappa shape index (κ3) is 2.67. The van der Waals surface area contributed by atoms with Gasteiger partial charge in [0.15, 0.2) is 11.6 Å². The van der Waals surface area contributed by atoms with Gasteiger partial charge in [0, 0.05) is 36.5 Å². The minimum atomic E-state index is 0.484. The van der Waals surface area contributed by atoms with Crippen LogP contribution in [0.3, 0.4) is 0 Å². The molecule has 7 nitrogen and oxygen atoms in total. The van der Waals surface area contributed by atoms with Gasteiger partial charge >= 0.3 is 0 Å². The molecule has 4 aromatic rings. The monoisotopic (exact) mass is 301 g/mol. The molecule has 0 aliphatic rings. The third-order valence-corrected chi connectivity index (χ3v) is 3.21. The highest BCUT2D eigenvalue weighted by molar-refractivity contribution is 5.59. The lowest BCUT2D eigenvalue weighted by Gasteiger charge is -2.01. The Morgan fingerprint density at radius 1 is 0.783 bits per heavy atom. The van der Waals surface area contributed by atoms with E-state index in [1.54, 1.807) is 47.9 Å². The van der Waals surface area contributed by atoms with E-state index < -0.39 is 0 Å². The molecular formula is C16H11N7. The van der Waals surface area contributed by atoms with Crippen LogP contribution in [-0.2, 0) is 0 Å². The molecule has 0 amide bonds. The molecular weight excluding hydrogens is 290 g/mol. The van der Waals surface area contributed by atoms with Gasteiger partial charge in [-0.05, 0) is 24.3 Å². The summed E-state index contributed by atoms with van der Waals surface area (Å²) in [5.74, 6) is 0.978. The number of pyridine rings is 1. The van der Waals surface area contributed by atoms with E-state index in [0.29, 0.717) is 11.6 Å². The number of hydrogen-bond acceptors (Lipinski definition) is 6. The summed E-state index contributed by atoms with van der Waals surface area (Å²) >= 11 is 0. The highest BCUT2D eigenvalue weighted by atomic mass is 15.3. The average Bonchev–Trinajstić information content (AvgIpc) is 3.14. The molecule has 0 aromatic carbocycles. The van der Waals surface area contributed by atoms with E-state index in [1.807, 2.05) is 24.4 Å². The SMILES string of the molecule is c1cnc(-c2nccc(-c3cnn(-c4cccnc4)c3)n2)nc1. The van der Waals surface area contributed by atoms with Crippen LogP contribution in [-0.4, -0.2) is 34.7 Å². The Morgan fingerprint density at radius 3 is 2.48 bits per heavy atom. The molecule has 0 saturated heterocycles. The Labute approximate surface area is 131 Å². The molecule has 7 heteroatoms. The van der Waals surface area contributed by atoms with E-state index >= 15 is 0 Å². The van der Waals surface area contributed by atoms with Crippen molar-refractivity contribution in [3.63, 3.8) is 0 Å². The first-order valence-corrected chi connectivity index (χ1v) is 6.96. The van der Waals surface area contributed by atoms with Gasteiger partial charge in [-0.3, -0.25) is 4.98 Å². The maximum Gasteiger partial charge on any atom is 0.198 e. The van der Waals surface area contributed by atoms with Crippen LogP contribution in [0.2, 0.25) is 0 Å². The maximum atomic E-state index is 4.52. The number of aromatic nitrogens is 7. The molecule has 0 aliphatic heterocycles. The van der Waals surface area contributed by atoms with Crippen LogP contribution < -0.4 is 0 Å². The second-order valence-electron chi connectivity index (χ2n) is 4.72. The van der Waals surface area contributed by atoms with Crippen molar-refractivity contribution in [2.75, 3.05) is 0 Å². The normalized spacial score (nSPS) is 10.6. The molecule has 0 bridgehead atoms. The Bertz CT molecular complexity index is 919. The van der Waals surface area contributed by atoms with Gasteiger partial charge in [0.2, 0.25) is 0 Å². The molecule has 0 saturated carbocycles. The highest BCUT2D eigenvalue weighted by Gasteiger charge is 2.09. The van der Waals surface area contributed by atoms with Crippen LogP contribution >= 0.6 is 0 Å². The zero-order valence-corrected chi connectivity index (χ0v) is 12.0. The van der Waals surface area contributed by atoms with Crippen molar-refractivity contribution in [1.82, 2.24) is 34.7 Å². The van der Waals surface area contributed by atoms with E-state index in [0.717, 1.165) is 16.9 Å². The molecule has 0 spiro atoms. The van der Waals surface area contributed by atoms with Crippen molar-refractivity contribution in [2.24, 2.45) is 0 Å². The van der Waals surface area contributed by atoms with E-state index in [1.165, 1.54) is 0 Å². The number of nitrogens with zero attached hydrogens (tertiary/aromatic N) is 7. The predicted molar refractivity (Wildman–Crippen MR) is 83.4 cm³/mol. The van der Waals surface area contributed by atoms with Crippen molar-refractivity contribution < 1.29 is 0 Å². The van der Waals surface area contributed by atoms with Gasteiger partial charge in [-0.2, -0.15) is 5.10 Å². The Morgan fingerprint density at radius 2 is 1.65 bits per heavy atom. The highest BCUT2D eigenvalue weighted by Crippen LogP contribution is 2.19. The van der Waals surface area contributed by atoms with E-state index in [2.05, 4.69) is 30.0 Å². The second kappa shape index (κ2) is 5.72. The van der Waals surface area contributed by atoms with Gasteiger partial charge in [0.25, 0.3) is 0 Å². The fourth-order valence-electron chi connectivity index (χ4n) is 2.13. The molecule has 23 heavy (non-hydrogen) atoms. The lowest BCUT2D eigenvalue weighted by atomic mass is 10.2. The maximum absolute atomic E-state index is 4.52. The van der Waals surface area contributed by atoms with Crippen molar-refractivity contribution in [3.05, 3.63) is 67.6 Å². The molecule has 0 N–H and O–H groups in total. The van der Waals surface area contributed by atoms with Crippen LogP contribution in [0.15, 0.2) is 67.6 Å². The van der Waals surface area contributed by atoms with Crippen LogP contribution in [0.5, 0.6) is 0 Å². The summed E-state index contributed by atoms with van der Waals surface area (Å²) < 4.78 is 1.75. The molecule has 0 unspecified atom stereocenters. The van der Waals surface area contributed by atoms with E-state index in [9.17, 15) is 0 Å². The zero-order chi connectivity index (χ0) is 15.5. The van der Waals surface area contributed by atoms with Crippen LogP contribution in [0.1, 0.15) is 0 Å². The summed E-state index contributed by atoms with van der Waals surface area (Å²) in [7, 11) is 0. The van der Waals surface area contributed by atoms with Crippen molar-refractivity contribution >= 4 is 0 Å². The average molecular weight is 301 g/mol. The molecule has 110 valence electrons. The summed E-state index contributed by atoms with van der Waals surface area (Å²) in [6.07, 6.45) is 12.2. The van der Waals surface area contributed by atoms with Gasteiger partial charge in [0.05, 0.1) is 23.8 Å². The first kappa shape index (κ1) is 13.2.